The molecule has 186 valence electrons. The van der Waals surface area contributed by atoms with E-state index in [9.17, 15) is 4.79 Å². The van der Waals surface area contributed by atoms with Crippen LogP contribution in [0.25, 0.3) is 5.69 Å². The number of ether oxygens (including phenoxy) is 1. The lowest BCUT2D eigenvalue weighted by Gasteiger charge is -2.17. The molecule has 0 bridgehead atoms. The first-order valence-electron chi connectivity index (χ1n) is 12.1. The van der Waals surface area contributed by atoms with Crippen molar-refractivity contribution >= 4 is 23.4 Å². The van der Waals surface area contributed by atoms with Gasteiger partial charge in [0.05, 0.1) is 5.75 Å². The molecular formula is C29H32N4O2S. The fourth-order valence-electron chi connectivity index (χ4n) is 3.83. The van der Waals surface area contributed by atoms with Crippen LogP contribution in [0.15, 0.2) is 78.0 Å². The number of rotatable bonds is 9. The molecule has 3 aromatic carbocycles. The Morgan fingerprint density at radius 1 is 0.972 bits per heavy atom. The van der Waals surface area contributed by atoms with Crippen LogP contribution in [0.4, 0.5) is 5.69 Å². The number of nitrogens with zero attached hydrogens (tertiary/aromatic N) is 3. The first kappa shape index (κ1) is 25.5. The van der Waals surface area contributed by atoms with Crippen molar-refractivity contribution < 1.29 is 9.53 Å². The van der Waals surface area contributed by atoms with E-state index in [2.05, 4.69) is 41.5 Å². The molecule has 1 atom stereocenters. The smallest absolute Gasteiger partial charge is 0.234 e. The van der Waals surface area contributed by atoms with E-state index in [0.717, 1.165) is 28.3 Å². The molecule has 1 N–H and O–H groups in total. The number of aromatic nitrogens is 3. The number of carbonyl (C=O) groups excluding carboxylic acids is 1. The molecule has 4 aromatic rings. The highest BCUT2D eigenvalue weighted by molar-refractivity contribution is 7.99. The van der Waals surface area contributed by atoms with E-state index < -0.39 is 0 Å². The minimum Gasteiger partial charge on any atom is -0.483 e. The zero-order valence-corrected chi connectivity index (χ0v) is 22.2. The van der Waals surface area contributed by atoms with Crippen molar-refractivity contribution in [3.63, 3.8) is 0 Å². The largest absolute Gasteiger partial charge is 0.483 e. The van der Waals surface area contributed by atoms with Crippen molar-refractivity contribution in [2.45, 2.75) is 51.8 Å². The zero-order chi connectivity index (χ0) is 25.7. The highest BCUT2D eigenvalue weighted by Crippen LogP contribution is 2.29. The molecule has 4 rings (SSSR count). The molecular weight excluding hydrogens is 468 g/mol. The molecule has 6 nitrogen and oxygen atoms in total. The van der Waals surface area contributed by atoms with Gasteiger partial charge in [-0.1, -0.05) is 68.1 Å². The molecule has 0 aliphatic heterocycles. The van der Waals surface area contributed by atoms with Crippen LogP contribution < -0.4 is 10.1 Å². The SMILES string of the molecule is Cc1ccc(C)c(NC(=O)CSc2nnc(C(C)Oc3ccc(C(C)C)cc3)n2-c2ccccc2)c1. The second kappa shape index (κ2) is 11.4. The van der Waals surface area contributed by atoms with Gasteiger partial charge < -0.3 is 10.1 Å². The maximum Gasteiger partial charge on any atom is 0.234 e. The van der Waals surface area contributed by atoms with Crippen molar-refractivity contribution in [2.75, 3.05) is 11.1 Å². The van der Waals surface area contributed by atoms with Crippen LogP contribution in [0.5, 0.6) is 5.75 Å². The number of thioether (sulfide) groups is 1. The molecule has 1 aromatic heterocycles. The average molecular weight is 501 g/mol. The number of amides is 1. The summed E-state index contributed by atoms with van der Waals surface area (Å²) in [4.78, 5) is 12.7. The van der Waals surface area contributed by atoms with Crippen molar-refractivity contribution in [3.8, 4) is 11.4 Å². The highest BCUT2D eigenvalue weighted by atomic mass is 32.2. The van der Waals surface area contributed by atoms with Gasteiger partial charge in [0.2, 0.25) is 5.91 Å². The van der Waals surface area contributed by atoms with E-state index >= 15 is 0 Å². The van der Waals surface area contributed by atoms with E-state index in [-0.39, 0.29) is 17.8 Å². The number of hydrogen-bond donors (Lipinski definition) is 1. The summed E-state index contributed by atoms with van der Waals surface area (Å²) in [6, 6.07) is 24.1. The van der Waals surface area contributed by atoms with Gasteiger partial charge in [0, 0.05) is 11.4 Å². The van der Waals surface area contributed by atoms with Gasteiger partial charge in [0.15, 0.2) is 17.1 Å². The first-order valence-corrected chi connectivity index (χ1v) is 13.1. The van der Waals surface area contributed by atoms with E-state index in [4.69, 9.17) is 4.74 Å². The van der Waals surface area contributed by atoms with E-state index in [1.165, 1.54) is 17.3 Å². The number of nitrogens with one attached hydrogen (secondary N) is 1. The van der Waals surface area contributed by atoms with Crippen LogP contribution in [-0.4, -0.2) is 26.4 Å². The van der Waals surface area contributed by atoms with E-state index in [1.54, 1.807) is 0 Å². The van der Waals surface area contributed by atoms with Gasteiger partial charge in [0.1, 0.15) is 5.75 Å². The minimum atomic E-state index is -0.347. The van der Waals surface area contributed by atoms with Crippen LogP contribution in [0.1, 0.15) is 55.3 Å². The summed E-state index contributed by atoms with van der Waals surface area (Å²) in [6.07, 6.45) is -0.347. The molecule has 36 heavy (non-hydrogen) atoms. The standard InChI is InChI=1S/C29H32N4O2S/c1-19(2)23-13-15-25(16-14-23)35-22(5)28-31-32-29(33(28)24-9-7-6-8-10-24)36-18-27(34)30-26-17-20(3)11-12-21(26)4/h6-17,19,22H,18H2,1-5H3,(H,30,34). The Labute approximate surface area is 217 Å². The van der Waals surface area contributed by atoms with Crippen molar-refractivity contribution in [2.24, 2.45) is 0 Å². The molecule has 0 spiro atoms. The molecule has 0 aliphatic carbocycles. The molecule has 0 radical (unpaired) electrons. The second-order valence-electron chi connectivity index (χ2n) is 9.15. The lowest BCUT2D eigenvalue weighted by molar-refractivity contribution is -0.113. The summed E-state index contributed by atoms with van der Waals surface area (Å²) in [5.41, 5.74) is 5.14. The highest BCUT2D eigenvalue weighted by Gasteiger charge is 2.22. The van der Waals surface area contributed by atoms with Crippen molar-refractivity contribution in [1.29, 1.82) is 0 Å². The fraction of sp³-hybridized carbons (Fsp3) is 0.276. The van der Waals surface area contributed by atoms with E-state index in [0.29, 0.717) is 16.9 Å². The summed E-state index contributed by atoms with van der Waals surface area (Å²) >= 11 is 1.35. The van der Waals surface area contributed by atoms with Gasteiger partial charge in [-0.3, -0.25) is 9.36 Å². The van der Waals surface area contributed by atoms with Gasteiger partial charge >= 0.3 is 0 Å². The zero-order valence-electron chi connectivity index (χ0n) is 21.4. The lowest BCUT2D eigenvalue weighted by atomic mass is 10.0. The summed E-state index contributed by atoms with van der Waals surface area (Å²) in [5.74, 6) is 2.03. The van der Waals surface area contributed by atoms with Crippen molar-refractivity contribution in [3.05, 3.63) is 95.3 Å². The van der Waals surface area contributed by atoms with Crippen LogP contribution in [0, 0.1) is 13.8 Å². The number of carbonyl (C=O) groups is 1. The lowest BCUT2D eigenvalue weighted by Crippen LogP contribution is -2.16. The Bertz CT molecular complexity index is 1320. The van der Waals surface area contributed by atoms with Crippen LogP contribution in [0.2, 0.25) is 0 Å². The third kappa shape index (κ3) is 6.15. The summed E-state index contributed by atoms with van der Waals surface area (Å²) in [5, 5.41) is 12.5. The van der Waals surface area contributed by atoms with Crippen LogP contribution in [-0.2, 0) is 4.79 Å². The molecule has 0 aliphatic rings. The fourth-order valence-corrected chi connectivity index (χ4v) is 4.59. The molecule has 0 fully saturated rings. The number of aryl methyl sites for hydroxylation is 2. The van der Waals surface area contributed by atoms with Gasteiger partial charge in [-0.2, -0.15) is 0 Å². The number of benzene rings is 3. The summed E-state index contributed by atoms with van der Waals surface area (Å²) < 4.78 is 8.19. The third-order valence-corrected chi connectivity index (χ3v) is 6.82. The monoisotopic (exact) mass is 500 g/mol. The topological polar surface area (TPSA) is 69.0 Å². The molecule has 0 saturated heterocycles. The van der Waals surface area contributed by atoms with Crippen LogP contribution in [0.3, 0.4) is 0 Å². The number of anilines is 1. The Morgan fingerprint density at radius 2 is 1.69 bits per heavy atom. The Morgan fingerprint density at radius 3 is 2.39 bits per heavy atom. The molecule has 1 unspecified atom stereocenters. The quantitative estimate of drug-likeness (QED) is 0.254. The van der Waals surface area contributed by atoms with Crippen LogP contribution >= 0.6 is 11.8 Å². The number of para-hydroxylation sites is 1. The Kier molecular flexibility index (Phi) is 8.10. The minimum absolute atomic E-state index is 0.0904. The summed E-state index contributed by atoms with van der Waals surface area (Å²) in [7, 11) is 0. The van der Waals surface area contributed by atoms with Gasteiger partial charge in [-0.05, 0) is 73.7 Å². The van der Waals surface area contributed by atoms with Gasteiger partial charge in [0.25, 0.3) is 0 Å². The summed E-state index contributed by atoms with van der Waals surface area (Å²) in [6.45, 7) is 10.3. The predicted octanol–water partition coefficient (Wildman–Crippen LogP) is 6.88. The van der Waals surface area contributed by atoms with E-state index in [1.807, 2.05) is 86.0 Å². The number of hydrogen-bond acceptors (Lipinski definition) is 5. The maximum atomic E-state index is 12.7. The molecule has 1 amide bonds. The molecule has 0 saturated carbocycles. The predicted molar refractivity (Wildman–Crippen MR) is 146 cm³/mol. The normalized spacial score (nSPS) is 11.9. The Balaban J connectivity index is 1.53. The van der Waals surface area contributed by atoms with Gasteiger partial charge in [-0.25, -0.2) is 0 Å². The second-order valence-corrected chi connectivity index (χ2v) is 10.1. The Hall–Kier alpha value is -3.58. The third-order valence-electron chi connectivity index (χ3n) is 5.90. The van der Waals surface area contributed by atoms with Crippen molar-refractivity contribution in [1.82, 2.24) is 14.8 Å². The van der Waals surface area contributed by atoms with Gasteiger partial charge in [-0.15, -0.1) is 10.2 Å². The molecule has 1 heterocycles. The first-order chi connectivity index (χ1) is 17.3. The average Bonchev–Trinajstić information content (AvgIpc) is 3.30. The molecule has 7 heteroatoms. The maximum absolute atomic E-state index is 12.7.